The Labute approximate surface area is 169 Å². The van der Waals surface area contributed by atoms with Crippen LogP contribution in [-0.4, -0.2) is 42.7 Å². The van der Waals surface area contributed by atoms with Gasteiger partial charge in [0.1, 0.15) is 11.4 Å². The number of hydrogen-bond donors (Lipinski definition) is 2. The molecule has 2 heterocycles. The lowest BCUT2D eigenvalue weighted by Crippen LogP contribution is -2.44. The van der Waals surface area contributed by atoms with Crippen LogP contribution >= 0.6 is 23.7 Å². The number of carbonyl (C=O) groups excluding carboxylic acids is 1. The molecule has 7 nitrogen and oxygen atoms in total. The fourth-order valence-electron chi connectivity index (χ4n) is 3.62. The van der Waals surface area contributed by atoms with Gasteiger partial charge in [-0.25, -0.2) is 4.98 Å². The van der Waals surface area contributed by atoms with Crippen LogP contribution in [0.1, 0.15) is 46.7 Å². The van der Waals surface area contributed by atoms with Gasteiger partial charge in [0.25, 0.3) is 5.91 Å². The number of methoxy groups -OCH3 is 2. The number of nitrogens with two attached hydrogens (primary N) is 1. The van der Waals surface area contributed by atoms with Crippen LogP contribution in [0.5, 0.6) is 5.88 Å². The van der Waals surface area contributed by atoms with Gasteiger partial charge in [-0.15, -0.1) is 23.7 Å². The number of thiophene rings is 1. The number of nitrogens with one attached hydrogen (secondary N) is 1. The van der Waals surface area contributed by atoms with E-state index in [1.807, 2.05) is 6.92 Å². The van der Waals surface area contributed by atoms with Crippen LogP contribution in [0.4, 0.5) is 0 Å². The van der Waals surface area contributed by atoms with E-state index in [2.05, 4.69) is 15.3 Å². The number of nitrogens with zero attached hydrogens (tertiary/aromatic N) is 2. The van der Waals surface area contributed by atoms with Gasteiger partial charge < -0.3 is 20.5 Å². The van der Waals surface area contributed by atoms with Crippen LogP contribution in [-0.2, 0) is 11.3 Å². The molecular formula is C18H27ClN4O3S. The first kappa shape index (κ1) is 21.8. The van der Waals surface area contributed by atoms with E-state index in [4.69, 9.17) is 15.2 Å². The summed E-state index contributed by atoms with van der Waals surface area (Å²) < 4.78 is 10.5. The zero-order chi connectivity index (χ0) is 18.7. The molecule has 2 atom stereocenters. The minimum Gasteiger partial charge on any atom is -0.480 e. The van der Waals surface area contributed by atoms with E-state index in [0.717, 1.165) is 35.0 Å². The van der Waals surface area contributed by atoms with Gasteiger partial charge in [0.05, 0.1) is 17.4 Å². The minimum atomic E-state index is -0.0637. The topological polar surface area (TPSA) is 99.4 Å². The maximum absolute atomic E-state index is 12.9. The SMILES string of the molecule is COCc1nc(OC)c2c(C)c(C(=O)NC3CCCCC3CN)sc2n1.Cl. The molecule has 1 amide bonds. The summed E-state index contributed by atoms with van der Waals surface area (Å²) in [5.41, 5.74) is 6.74. The smallest absolute Gasteiger partial charge is 0.261 e. The number of ether oxygens (including phenoxy) is 2. The predicted molar refractivity (Wildman–Crippen MR) is 109 cm³/mol. The Hall–Kier alpha value is -1.48. The summed E-state index contributed by atoms with van der Waals surface area (Å²) >= 11 is 1.37. The average molecular weight is 415 g/mol. The molecule has 0 radical (unpaired) electrons. The zero-order valence-corrected chi connectivity index (χ0v) is 17.5. The van der Waals surface area contributed by atoms with Crippen molar-refractivity contribution in [2.24, 2.45) is 11.7 Å². The fourth-order valence-corrected chi connectivity index (χ4v) is 4.71. The van der Waals surface area contributed by atoms with Crippen molar-refractivity contribution in [3.05, 3.63) is 16.3 Å². The van der Waals surface area contributed by atoms with Gasteiger partial charge in [0.15, 0.2) is 5.82 Å². The number of amides is 1. The number of rotatable bonds is 6. The zero-order valence-electron chi connectivity index (χ0n) is 15.9. The second kappa shape index (κ2) is 9.64. The lowest BCUT2D eigenvalue weighted by atomic mass is 9.84. The van der Waals surface area contributed by atoms with E-state index in [9.17, 15) is 4.79 Å². The second-order valence-corrected chi connectivity index (χ2v) is 7.68. The highest BCUT2D eigenvalue weighted by molar-refractivity contribution is 7.20. The van der Waals surface area contributed by atoms with Crippen molar-refractivity contribution in [1.29, 1.82) is 0 Å². The number of hydrogen-bond acceptors (Lipinski definition) is 7. The summed E-state index contributed by atoms with van der Waals surface area (Å²) in [7, 11) is 3.17. The van der Waals surface area contributed by atoms with Gasteiger partial charge in [0.2, 0.25) is 5.88 Å². The first-order chi connectivity index (χ1) is 12.6. The molecule has 0 bridgehead atoms. The Balaban J connectivity index is 0.00000261. The molecule has 0 aliphatic heterocycles. The highest BCUT2D eigenvalue weighted by atomic mass is 35.5. The van der Waals surface area contributed by atoms with Crippen molar-refractivity contribution in [3.63, 3.8) is 0 Å². The first-order valence-corrected chi connectivity index (χ1v) is 9.74. The fraction of sp³-hybridized carbons (Fsp3) is 0.611. The molecule has 1 fully saturated rings. The van der Waals surface area contributed by atoms with Gasteiger partial charge in [-0.1, -0.05) is 12.8 Å². The van der Waals surface area contributed by atoms with E-state index in [0.29, 0.717) is 35.7 Å². The van der Waals surface area contributed by atoms with Gasteiger partial charge in [-0.3, -0.25) is 4.79 Å². The quantitative estimate of drug-likeness (QED) is 0.753. The third kappa shape index (κ3) is 4.51. The predicted octanol–water partition coefficient (Wildman–Crippen LogP) is 2.82. The second-order valence-electron chi connectivity index (χ2n) is 6.68. The molecule has 1 saturated carbocycles. The summed E-state index contributed by atoms with van der Waals surface area (Å²) in [6.07, 6.45) is 4.38. The maximum atomic E-state index is 12.9. The van der Waals surface area contributed by atoms with Crippen molar-refractivity contribution in [2.75, 3.05) is 20.8 Å². The van der Waals surface area contributed by atoms with E-state index in [1.165, 1.54) is 17.8 Å². The Morgan fingerprint density at radius 2 is 2.04 bits per heavy atom. The number of fused-ring (bicyclic) bond motifs is 1. The van der Waals surface area contributed by atoms with Crippen LogP contribution < -0.4 is 15.8 Å². The van der Waals surface area contributed by atoms with Crippen LogP contribution in [0.15, 0.2) is 0 Å². The molecule has 2 unspecified atom stereocenters. The minimum absolute atomic E-state index is 0. The first-order valence-electron chi connectivity index (χ1n) is 8.92. The van der Waals surface area contributed by atoms with Crippen molar-refractivity contribution < 1.29 is 14.3 Å². The average Bonchev–Trinajstić information content (AvgIpc) is 2.98. The third-order valence-electron chi connectivity index (χ3n) is 5.00. The Morgan fingerprint density at radius 1 is 1.30 bits per heavy atom. The summed E-state index contributed by atoms with van der Waals surface area (Å²) in [5.74, 6) is 1.31. The number of aryl methyl sites for hydroxylation is 1. The summed E-state index contributed by atoms with van der Waals surface area (Å²) in [4.78, 5) is 23.2. The summed E-state index contributed by atoms with van der Waals surface area (Å²) in [5, 5.41) is 3.99. The standard InChI is InChI=1S/C18H26N4O3S.ClH/c1-10-14-17(25-3)21-13(9-24-2)22-18(14)26-15(10)16(23)20-12-7-5-4-6-11(12)8-19;/h11-12H,4-9,19H2,1-3H3,(H,20,23);1H. The Morgan fingerprint density at radius 3 is 2.70 bits per heavy atom. The van der Waals surface area contributed by atoms with Crippen molar-refractivity contribution in [3.8, 4) is 5.88 Å². The van der Waals surface area contributed by atoms with E-state index >= 15 is 0 Å². The highest BCUT2D eigenvalue weighted by Gasteiger charge is 2.28. The maximum Gasteiger partial charge on any atom is 0.261 e. The Kier molecular flexibility index (Phi) is 7.79. The largest absolute Gasteiger partial charge is 0.480 e. The summed E-state index contributed by atoms with van der Waals surface area (Å²) in [6, 6.07) is 0.142. The number of carbonyl (C=O) groups is 1. The molecule has 3 rings (SSSR count). The van der Waals surface area contributed by atoms with Crippen LogP contribution in [0.2, 0.25) is 0 Å². The van der Waals surface area contributed by atoms with Gasteiger partial charge in [-0.05, 0) is 37.8 Å². The monoisotopic (exact) mass is 414 g/mol. The molecule has 3 N–H and O–H groups in total. The molecular weight excluding hydrogens is 388 g/mol. The number of halogens is 1. The van der Waals surface area contributed by atoms with Crippen molar-refractivity contribution in [2.45, 2.75) is 45.3 Å². The van der Waals surface area contributed by atoms with Crippen molar-refractivity contribution >= 4 is 39.9 Å². The normalized spacial score (nSPS) is 19.6. The van der Waals surface area contributed by atoms with Gasteiger partial charge in [-0.2, -0.15) is 4.98 Å². The molecule has 0 spiro atoms. The molecule has 9 heteroatoms. The highest BCUT2D eigenvalue weighted by Crippen LogP contribution is 2.35. The van der Waals surface area contributed by atoms with Gasteiger partial charge in [0, 0.05) is 13.2 Å². The van der Waals surface area contributed by atoms with E-state index < -0.39 is 0 Å². The molecule has 2 aromatic rings. The molecule has 27 heavy (non-hydrogen) atoms. The molecule has 0 aromatic carbocycles. The number of aromatic nitrogens is 2. The molecule has 1 aliphatic rings. The van der Waals surface area contributed by atoms with Crippen LogP contribution in [0.3, 0.4) is 0 Å². The summed E-state index contributed by atoms with van der Waals surface area (Å²) in [6.45, 7) is 2.82. The lowest BCUT2D eigenvalue weighted by molar-refractivity contribution is 0.0912. The molecule has 1 aliphatic carbocycles. The van der Waals surface area contributed by atoms with E-state index in [1.54, 1.807) is 14.2 Å². The van der Waals surface area contributed by atoms with Crippen molar-refractivity contribution in [1.82, 2.24) is 15.3 Å². The van der Waals surface area contributed by atoms with E-state index in [-0.39, 0.29) is 24.4 Å². The van der Waals surface area contributed by atoms with Crippen LogP contribution in [0.25, 0.3) is 10.2 Å². The molecule has 150 valence electrons. The van der Waals surface area contributed by atoms with Crippen LogP contribution in [0, 0.1) is 12.8 Å². The lowest BCUT2D eigenvalue weighted by Gasteiger charge is -2.31. The molecule has 2 aromatic heterocycles. The third-order valence-corrected chi connectivity index (χ3v) is 6.19. The van der Waals surface area contributed by atoms with Gasteiger partial charge >= 0.3 is 0 Å². The Bertz CT molecular complexity index is 798. The molecule has 0 saturated heterocycles.